The standard InChI is InChI=1S/C27H28N2O4/c1-4-17(2)28-16-22(23(19-11-7-5-8-12-19)20-13-9-6-10-14-20)29-15-21(27(32)33)25(30)18(3)24(29)26(28)31/h5-15,17,22-23H,4,16H2,1-3H3,(H,32,33)/t17?,22-/m1/s1. The van der Waals surface area contributed by atoms with Crippen molar-refractivity contribution in [2.75, 3.05) is 6.54 Å². The van der Waals surface area contributed by atoms with Crippen LogP contribution < -0.4 is 5.43 Å². The first-order valence-corrected chi connectivity index (χ1v) is 11.2. The summed E-state index contributed by atoms with van der Waals surface area (Å²) >= 11 is 0. The van der Waals surface area contributed by atoms with Crippen LogP contribution in [0.4, 0.5) is 0 Å². The number of nitrogens with zero attached hydrogens (tertiary/aromatic N) is 2. The lowest BCUT2D eigenvalue weighted by atomic mass is 9.82. The Kier molecular flexibility index (Phi) is 6.18. The third-order valence-electron chi connectivity index (χ3n) is 6.73. The zero-order valence-electron chi connectivity index (χ0n) is 19.1. The molecule has 0 saturated carbocycles. The predicted octanol–water partition coefficient (Wildman–Crippen LogP) is 4.48. The van der Waals surface area contributed by atoms with Crippen molar-refractivity contribution >= 4 is 11.9 Å². The van der Waals surface area contributed by atoms with E-state index in [0.717, 1.165) is 17.5 Å². The number of benzene rings is 2. The van der Waals surface area contributed by atoms with Gasteiger partial charge >= 0.3 is 5.97 Å². The summed E-state index contributed by atoms with van der Waals surface area (Å²) in [6, 6.07) is 19.7. The maximum Gasteiger partial charge on any atom is 0.341 e. The van der Waals surface area contributed by atoms with Crippen molar-refractivity contribution in [2.24, 2.45) is 0 Å². The van der Waals surface area contributed by atoms with Crippen molar-refractivity contribution in [2.45, 2.75) is 45.2 Å². The molecule has 0 spiro atoms. The summed E-state index contributed by atoms with van der Waals surface area (Å²) in [5.74, 6) is -1.66. The fraction of sp³-hybridized carbons (Fsp3) is 0.296. The number of fused-ring (bicyclic) bond motifs is 1. The van der Waals surface area contributed by atoms with Gasteiger partial charge in [-0.15, -0.1) is 0 Å². The third kappa shape index (κ3) is 3.97. The molecule has 0 aliphatic carbocycles. The summed E-state index contributed by atoms with van der Waals surface area (Å²) in [4.78, 5) is 40.0. The molecule has 33 heavy (non-hydrogen) atoms. The second-order valence-corrected chi connectivity index (χ2v) is 8.64. The molecule has 2 heterocycles. The fourth-order valence-electron chi connectivity index (χ4n) is 4.78. The number of hydrogen-bond acceptors (Lipinski definition) is 3. The van der Waals surface area contributed by atoms with E-state index < -0.39 is 11.4 Å². The average Bonchev–Trinajstić information content (AvgIpc) is 2.83. The molecular formula is C27H28N2O4. The van der Waals surface area contributed by atoms with Gasteiger partial charge in [0.2, 0.25) is 0 Å². The SMILES string of the molecule is CCC(C)N1C[C@H](C(c2ccccc2)c2ccccc2)n2cc(C(=O)O)c(=O)c(C)c2C1=O. The Morgan fingerprint density at radius 2 is 1.58 bits per heavy atom. The first kappa shape index (κ1) is 22.5. The maximum atomic E-state index is 13.5. The maximum absolute atomic E-state index is 13.5. The number of carbonyl (C=O) groups excluding carboxylic acids is 1. The van der Waals surface area contributed by atoms with Crippen LogP contribution in [0, 0.1) is 6.92 Å². The van der Waals surface area contributed by atoms with Crippen molar-refractivity contribution < 1.29 is 14.7 Å². The summed E-state index contributed by atoms with van der Waals surface area (Å²) in [6.45, 7) is 6.00. The summed E-state index contributed by atoms with van der Waals surface area (Å²) in [5, 5.41) is 9.69. The molecule has 6 nitrogen and oxygen atoms in total. The molecule has 1 aliphatic rings. The molecule has 2 atom stereocenters. The van der Waals surface area contributed by atoms with Crippen LogP contribution in [-0.2, 0) is 0 Å². The molecule has 1 N–H and O–H groups in total. The van der Waals surface area contributed by atoms with Gasteiger partial charge in [-0.1, -0.05) is 67.6 Å². The van der Waals surface area contributed by atoms with Crippen molar-refractivity contribution in [3.05, 3.63) is 105 Å². The Hall–Kier alpha value is -3.67. The van der Waals surface area contributed by atoms with E-state index in [2.05, 4.69) is 24.3 Å². The van der Waals surface area contributed by atoms with Crippen LogP contribution in [-0.4, -0.2) is 39.0 Å². The van der Waals surface area contributed by atoms with E-state index >= 15 is 0 Å². The van der Waals surface area contributed by atoms with Gasteiger partial charge in [-0.2, -0.15) is 0 Å². The molecule has 1 amide bonds. The van der Waals surface area contributed by atoms with Gasteiger partial charge in [-0.05, 0) is 31.4 Å². The Bertz CT molecular complexity index is 1190. The molecule has 0 radical (unpaired) electrons. The lowest BCUT2D eigenvalue weighted by Gasteiger charge is -2.43. The van der Waals surface area contributed by atoms with Gasteiger partial charge in [0, 0.05) is 30.3 Å². The minimum atomic E-state index is -1.29. The first-order valence-electron chi connectivity index (χ1n) is 11.2. The quantitative estimate of drug-likeness (QED) is 0.608. The van der Waals surface area contributed by atoms with Gasteiger partial charge in [0.15, 0.2) is 5.43 Å². The van der Waals surface area contributed by atoms with Crippen LogP contribution in [0.1, 0.15) is 69.8 Å². The molecule has 1 unspecified atom stereocenters. The van der Waals surface area contributed by atoms with Crippen molar-refractivity contribution in [1.82, 2.24) is 9.47 Å². The van der Waals surface area contributed by atoms with E-state index in [0.29, 0.717) is 6.54 Å². The molecule has 4 rings (SSSR count). The Balaban J connectivity index is 2.02. The zero-order chi connectivity index (χ0) is 23.7. The van der Waals surface area contributed by atoms with Crippen molar-refractivity contribution in [3.63, 3.8) is 0 Å². The van der Waals surface area contributed by atoms with E-state index in [1.54, 1.807) is 11.5 Å². The second-order valence-electron chi connectivity index (χ2n) is 8.64. The largest absolute Gasteiger partial charge is 0.477 e. The van der Waals surface area contributed by atoms with Crippen molar-refractivity contribution in [1.29, 1.82) is 0 Å². The van der Waals surface area contributed by atoms with E-state index in [9.17, 15) is 19.5 Å². The average molecular weight is 445 g/mol. The number of aromatic nitrogens is 1. The van der Waals surface area contributed by atoms with Gasteiger partial charge in [-0.25, -0.2) is 4.79 Å². The number of amides is 1. The van der Waals surface area contributed by atoms with Gasteiger partial charge in [0.1, 0.15) is 11.3 Å². The van der Waals surface area contributed by atoms with Crippen LogP contribution in [0.15, 0.2) is 71.7 Å². The van der Waals surface area contributed by atoms with E-state index in [-0.39, 0.29) is 40.7 Å². The summed E-state index contributed by atoms with van der Waals surface area (Å²) in [5.41, 5.74) is 1.66. The van der Waals surface area contributed by atoms with E-state index in [1.165, 1.54) is 6.20 Å². The Morgan fingerprint density at radius 1 is 1.03 bits per heavy atom. The molecule has 2 aromatic carbocycles. The molecule has 0 saturated heterocycles. The lowest BCUT2D eigenvalue weighted by molar-refractivity contribution is 0.0565. The minimum Gasteiger partial charge on any atom is -0.477 e. The number of carboxylic acid groups (broad SMARTS) is 1. The molecule has 1 aliphatic heterocycles. The van der Waals surface area contributed by atoms with Crippen LogP contribution in [0.3, 0.4) is 0 Å². The first-order chi connectivity index (χ1) is 15.8. The van der Waals surface area contributed by atoms with Crippen LogP contribution >= 0.6 is 0 Å². The number of rotatable bonds is 6. The minimum absolute atomic E-state index is 0.0189. The summed E-state index contributed by atoms with van der Waals surface area (Å²) in [7, 11) is 0. The Labute approximate surface area is 193 Å². The molecular weight excluding hydrogens is 416 g/mol. The molecule has 6 heteroatoms. The van der Waals surface area contributed by atoms with Crippen molar-refractivity contribution in [3.8, 4) is 0 Å². The van der Waals surface area contributed by atoms with Gasteiger partial charge < -0.3 is 14.6 Å². The molecule has 1 aromatic heterocycles. The van der Waals surface area contributed by atoms with Crippen LogP contribution in [0.25, 0.3) is 0 Å². The topological polar surface area (TPSA) is 79.6 Å². The highest BCUT2D eigenvalue weighted by Crippen LogP contribution is 2.39. The summed E-state index contributed by atoms with van der Waals surface area (Å²) < 4.78 is 1.74. The highest BCUT2D eigenvalue weighted by Gasteiger charge is 2.40. The van der Waals surface area contributed by atoms with E-state index in [1.807, 2.05) is 55.1 Å². The van der Waals surface area contributed by atoms with Crippen LogP contribution in [0.5, 0.6) is 0 Å². The number of carboxylic acids is 1. The van der Waals surface area contributed by atoms with Gasteiger partial charge in [-0.3, -0.25) is 9.59 Å². The molecule has 0 bridgehead atoms. The normalized spacial score (nSPS) is 16.5. The highest BCUT2D eigenvalue weighted by molar-refractivity contribution is 5.96. The highest BCUT2D eigenvalue weighted by atomic mass is 16.4. The zero-order valence-corrected chi connectivity index (χ0v) is 19.1. The molecule has 3 aromatic rings. The second kappa shape index (κ2) is 9.06. The third-order valence-corrected chi connectivity index (χ3v) is 6.73. The monoisotopic (exact) mass is 444 g/mol. The van der Waals surface area contributed by atoms with Crippen LogP contribution in [0.2, 0.25) is 0 Å². The predicted molar refractivity (Wildman–Crippen MR) is 127 cm³/mol. The summed E-state index contributed by atoms with van der Waals surface area (Å²) in [6.07, 6.45) is 2.14. The Morgan fingerprint density at radius 3 is 2.06 bits per heavy atom. The number of aromatic carboxylic acids is 1. The van der Waals surface area contributed by atoms with Gasteiger partial charge in [0.05, 0.1) is 6.04 Å². The van der Waals surface area contributed by atoms with Gasteiger partial charge in [0.25, 0.3) is 5.91 Å². The molecule has 170 valence electrons. The number of pyridine rings is 1. The number of carbonyl (C=O) groups is 2. The van der Waals surface area contributed by atoms with E-state index in [4.69, 9.17) is 0 Å². The molecule has 0 fully saturated rings. The smallest absolute Gasteiger partial charge is 0.341 e. The number of hydrogen-bond donors (Lipinski definition) is 1. The lowest BCUT2D eigenvalue weighted by Crippen LogP contribution is -2.50. The fourth-order valence-corrected chi connectivity index (χ4v) is 4.78.